The van der Waals surface area contributed by atoms with Gasteiger partial charge in [0.05, 0.1) is 4.90 Å². The number of fused-ring (bicyclic) bond motifs is 1. The van der Waals surface area contributed by atoms with E-state index in [0.29, 0.717) is 49.6 Å². The van der Waals surface area contributed by atoms with Crippen molar-refractivity contribution in [3.05, 3.63) is 53.6 Å². The maximum atomic E-state index is 13.3. The van der Waals surface area contributed by atoms with E-state index >= 15 is 0 Å². The van der Waals surface area contributed by atoms with Crippen LogP contribution in [-0.4, -0.2) is 57.1 Å². The Bertz CT molecular complexity index is 1120. The average Bonchev–Trinajstić information content (AvgIpc) is 2.83. The minimum absolute atomic E-state index is 0.0275. The fraction of sp³-hybridized carbons (Fsp3) is 0.417. The molecule has 2 heterocycles. The van der Waals surface area contributed by atoms with Gasteiger partial charge in [0.2, 0.25) is 15.9 Å². The van der Waals surface area contributed by atoms with E-state index in [2.05, 4.69) is 4.90 Å². The second-order valence-corrected chi connectivity index (χ2v) is 10.2. The number of piperazine rings is 1. The fourth-order valence-corrected chi connectivity index (χ4v) is 5.90. The lowest BCUT2D eigenvalue weighted by Crippen LogP contribution is -2.48. The number of aryl methyl sites for hydroxylation is 1. The van der Waals surface area contributed by atoms with Gasteiger partial charge < -0.3 is 9.80 Å². The Labute approximate surface area is 189 Å². The van der Waals surface area contributed by atoms with Crippen molar-refractivity contribution in [3.63, 3.8) is 0 Å². The maximum Gasteiger partial charge on any atom is 0.243 e. The molecule has 0 atom stereocenters. The van der Waals surface area contributed by atoms with Gasteiger partial charge in [-0.1, -0.05) is 6.92 Å². The summed E-state index contributed by atoms with van der Waals surface area (Å²) in [5.74, 6) is 0.0914. The number of carbonyl (C=O) groups excluding carboxylic acids is 2. The Balaban J connectivity index is 1.48. The highest BCUT2D eigenvalue weighted by Crippen LogP contribution is 2.31. The number of benzene rings is 2. The summed E-state index contributed by atoms with van der Waals surface area (Å²) in [5, 5.41) is 0. The standard InChI is InChI=1S/C24H29N3O4S/c1-3-24(29)27-12-4-5-20-17-22(10-11-23(20)27)32(30,31)26-15-13-25(14-16-26)21-8-6-19(7-9-21)18(2)28/h6-11,17H,3-5,12-16H2,1-2H3. The van der Waals surface area contributed by atoms with Gasteiger partial charge >= 0.3 is 0 Å². The van der Waals surface area contributed by atoms with Crippen molar-refractivity contribution in [3.8, 4) is 0 Å². The number of ketones is 1. The number of anilines is 2. The van der Waals surface area contributed by atoms with Crippen LogP contribution in [0.25, 0.3) is 0 Å². The van der Waals surface area contributed by atoms with Crippen LogP contribution < -0.4 is 9.80 Å². The average molecular weight is 456 g/mol. The quantitative estimate of drug-likeness (QED) is 0.648. The molecule has 1 amide bonds. The molecule has 0 spiro atoms. The van der Waals surface area contributed by atoms with Crippen LogP contribution in [0.1, 0.15) is 42.6 Å². The highest BCUT2D eigenvalue weighted by atomic mass is 32.2. The van der Waals surface area contributed by atoms with Crippen LogP contribution in [-0.2, 0) is 21.2 Å². The maximum absolute atomic E-state index is 13.3. The van der Waals surface area contributed by atoms with E-state index in [1.165, 1.54) is 4.31 Å². The first kappa shape index (κ1) is 22.5. The zero-order valence-corrected chi connectivity index (χ0v) is 19.4. The number of carbonyl (C=O) groups is 2. The molecular formula is C24H29N3O4S. The van der Waals surface area contributed by atoms with E-state index in [0.717, 1.165) is 29.8 Å². The molecule has 0 aliphatic carbocycles. The number of sulfonamides is 1. The van der Waals surface area contributed by atoms with Crippen molar-refractivity contribution in [1.29, 1.82) is 0 Å². The highest BCUT2D eigenvalue weighted by Gasteiger charge is 2.30. The predicted molar refractivity (Wildman–Crippen MR) is 125 cm³/mol. The molecule has 170 valence electrons. The van der Waals surface area contributed by atoms with Crippen molar-refractivity contribution < 1.29 is 18.0 Å². The van der Waals surface area contributed by atoms with Gasteiger partial charge in [-0.05, 0) is 67.8 Å². The van der Waals surface area contributed by atoms with Gasteiger partial charge in [-0.25, -0.2) is 8.42 Å². The molecule has 0 N–H and O–H groups in total. The lowest BCUT2D eigenvalue weighted by atomic mass is 10.0. The summed E-state index contributed by atoms with van der Waals surface area (Å²) in [4.78, 5) is 27.9. The van der Waals surface area contributed by atoms with Gasteiger partial charge in [-0.2, -0.15) is 4.31 Å². The van der Waals surface area contributed by atoms with E-state index in [9.17, 15) is 18.0 Å². The van der Waals surface area contributed by atoms with E-state index < -0.39 is 10.0 Å². The summed E-state index contributed by atoms with van der Waals surface area (Å²) in [7, 11) is -3.60. The number of rotatable bonds is 5. The second-order valence-electron chi connectivity index (χ2n) is 8.29. The Morgan fingerprint density at radius 2 is 1.62 bits per heavy atom. The molecule has 0 unspecified atom stereocenters. The first-order valence-electron chi connectivity index (χ1n) is 11.1. The van der Waals surface area contributed by atoms with Crippen LogP contribution in [0.3, 0.4) is 0 Å². The third-order valence-corrected chi connectivity index (χ3v) is 8.18. The molecule has 0 bridgehead atoms. The zero-order chi connectivity index (χ0) is 22.9. The Hall–Kier alpha value is -2.71. The molecule has 32 heavy (non-hydrogen) atoms. The molecule has 2 aliphatic rings. The zero-order valence-electron chi connectivity index (χ0n) is 18.6. The molecule has 0 saturated carbocycles. The van der Waals surface area contributed by atoms with Crippen LogP contribution in [0, 0.1) is 0 Å². The third-order valence-electron chi connectivity index (χ3n) is 6.29. The van der Waals surface area contributed by atoms with Gasteiger partial charge in [0.25, 0.3) is 0 Å². The molecule has 0 aromatic heterocycles. The molecule has 2 aliphatic heterocycles. The molecule has 7 nitrogen and oxygen atoms in total. The monoisotopic (exact) mass is 455 g/mol. The minimum atomic E-state index is -3.60. The summed E-state index contributed by atoms with van der Waals surface area (Å²) in [6.45, 7) is 6.03. The first-order valence-corrected chi connectivity index (χ1v) is 12.5. The summed E-state index contributed by atoms with van der Waals surface area (Å²) in [5.41, 5.74) is 3.41. The number of Topliss-reactive ketones (excluding diaryl/α,β-unsaturated/α-hetero) is 1. The van der Waals surface area contributed by atoms with Gasteiger partial charge in [0, 0.05) is 56.1 Å². The van der Waals surface area contributed by atoms with Gasteiger partial charge in [0.15, 0.2) is 5.78 Å². The Kier molecular flexibility index (Phi) is 6.35. The van der Waals surface area contributed by atoms with Gasteiger partial charge in [-0.15, -0.1) is 0 Å². The normalized spacial score (nSPS) is 17.2. The smallest absolute Gasteiger partial charge is 0.243 e. The molecular weight excluding hydrogens is 426 g/mol. The molecule has 8 heteroatoms. The minimum Gasteiger partial charge on any atom is -0.369 e. The van der Waals surface area contributed by atoms with Crippen LogP contribution in [0.2, 0.25) is 0 Å². The second kappa shape index (κ2) is 9.03. The summed E-state index contributed by atoms with van der Waals surface area (Å²) >= 11 is 0. The van der Waals surface area contributed by atoms with Gasteiger partial charge in [0.1, 0.15) is 0 Å². The fourth-order valence-electron chi connectivity index (χ4n) is 4.43. The number of hydrogen-bond acceptors (Lipinski definition) is 5. The lowest BCUT2D eigenvalue weighted by Gasteiger charge is -2.35. The molecule has 0 radical (unpaired) electrons. The van der Waals surface area contributed by atoms with Crippen LogP contribution >= 0.6 is 0 Å². The first-order chi connectivity index (χ1) is 15.3. The highest BCUT2D eigenvalue weighted by molar-refractivity contribution is 7.89. The van der Waals surface area contributed by atoms with Crippen LogP contribution in [0.15, 0.2) is 47.4 Å². The predicted octanol–water partition coefficient (Wildman–Crippen LogP) is 3.09. The SMILES string of the molecule is CCC(=O)N1CCCc2cc(S(=O)(=O)N3CCN(c4ccc(C(C)=O)cc4)CC3)ccc21. The van der Waals surface area contributed by atoms with Gasteiger partial charge in [-0.3, -0.25) is 9.59 Å². The van der Waals surface area contributed by atoms with Crippen LogP contribution in [0.4, 0.5) is 11.4 Å². The van der Waals surface area contributed by atoms with Crippen LogP contribution in [0.5, 0.6) is 0 Å². The van der Waals surface area contributed by atoms with E-state index in [1.54, 1.807) is 42.2 Å². The topological polar surface area (TPSA) is 78.0 Å². The number of nitrogens with zero attached hydrogens (tertiary/aromatic N) is 3. The number of amides is 1. The largest absolute Gasteiger partial charge is 0.369 e. The summed E-state index contributed by atoms with van der Waals surface area (Å²) in [6.07, 6.45) is 2.04. The molecule has 2 aromatic carbocycles. The molecule has 1 fully saturated rings. The number of hydrogen-bond donors (Lipinski definition) is 0. The molecule has 4 rings (SSSR count). The van der Waals surface area contributed by atoms with Crippen molar-refractivity contribution in [2.45, 2.75) is 38.0 Å². The Morgan fingerprint density at radius 1 is 0.938 bits per heavy atom. The molecule has 1 saturated heterocycles. The van der Waals surface area contributed by atoms with E-state index in [-0.39, 0.29) is 11.7 Å². The van der Waals surface area contributed by atoms with E-state index in [4.69, 9.17) is 0 Å². The van der Waals surface area contributed by atoms with Crippen molar-refractivity contribution >= 4 is 33.1 Å². The van der Waals surface area contributed by atoms with E-state index in [1.807, 2.05) is 19.1 Å². The van der Waals surface area contributed by atoms with Crippen molar-refractivity contribution in [2.75, 3.05) is 42.5 Å². The van der Waals surface area contributed by atoms with Crippen molar-refractivity contribution in [1.82, 2.24) is 4.31 Å². The summed E-state index contributed by atoms with van der Waals surface area (Å²) in [6, 6.07) is 12.6. The van der Waals surface area contributed by atoms with Crippen molar-refractivity contribution in [2.24, 2.45) is 0 Å². The molecule has 2 aromatic rings. The Morgan fingerprint density at radius 3 is 2.25 bits per heavy atom. The summed E-state index contributed by atoms with van der Waals surface area (Å²) < 4.78 is 28.1. The third kappa shape index (κ3) is 4.29. The lowest BCUT2D eigenvalue weighted by molar-refractivity contribution is -0.118.